The first kappa shape index (κ1) is 21.7. The van der Waals surface area contributed by atoms with Crippen LogP contribution >= 0.6 is 0 Å². The van der Waals surface area contributed by atoms with Crippen LogP contribution in [0.15, 0.2) is 18.3 Å². The monoisotopic (exact) mass is 415 g/mol. The number of carbonyl (C=O) groups is 2. The first-order chi connectivity index (χ1) is 12.6. The van der Waals surface area contributed by atoms with E-state index < -0.39 is 29.7 Å². The van der Waals surface area contributed by atoms with E-state index in [0.29, 0.717) is 12.8 Å². The molecule has 1 aromatic rings. The molecule has 1 aromatic heterocycles. The zero-order valence-electron chi connectivity index (χ0n) is 14.0. The SMILES string of the molecule is NC12CCC(C(=O)Nc3ccc(OC(F)(F)F)cn3)(C1)C2.O=C(O)C(F)(F)F. The molecule has 13 heteroatoms. The first-order valence-electron chi connectivity index (χ1n) is 7.77. The van der Waals surface area contributed by atoms with Crippen molar-refractivity contribution in [3.63, 3.8) is 0 Å². The molecule has 0 aromatic carbocycles. The van der Waals surface area contributed by atoms with Crippen molar-refractivity contribution in [1.82, 2.24) is 4.98 Å². The van der Waals surface area contributed by atoms with E-state index in [0.717, 1.165) is 25.1 Å². The van der Waals surface area contributed by atoms with Gasteiger partial charge in [-0.2, -0.15) is 13.2 Å². The highest BCUT2D eigenvalue weighted by molar-refractivity contribution is 5.96. The number of amides is 1. The number of nitrogens with one attached hydrogen (secondary N) is 1. The number of alkyl halides is 6. The van der Waals surface area contributed by atoms with Crippen molar-refractivity contribution in [3.05, 3.63) is 18.3 Å². The molecule has 0 radical (unpaired) electrons. The predicted octanol–water partition coefficient (Wildman–Crippen LogP) is 2.82. The predicted molar refractivity (Wildman–Crippen MR) is 81.1 cm³/mol. The van der Waals surface area contributed by atoms with Crippen LogP contribution in [-0.2, 0) is 9.59 Å². The second-order valence-corrected chi connectivity index (χ2v) is 6.68. The third-order valence-corrected chi connectivity index (χ3v) is 4.42. The quantitative estimate of drug-likeness (QED) is 0.654. The van der Waals surface area contributed by atoms with Crippen LogP contribution in [0.1, 0.15) is 25.7 Å². The topological polar surface area (TPSA) is 115 Å². The van der Waals surface area contributed by atoms with E-state index in [1.807, 2.05) is 0 Å². The molecule has 0 spiro atoms. The summed E-state index contributed by atoms with van der Waals surface area (Å²) in [5.74, 6) is -3.15. The molecule has 156 valence electrons. The number of nitrogens with zero attached hydrogens (tertiary/aromatic N) is 1. The van der Waals surface area contributed by atoms with E-state index >= 15 is 0 Å². The highest BCUT2D eigenvalue weighted by Gasteiger charge is 2.62. The summed E-state index contributed by atoms with van der Waals surface area (Å²) in [7, 11) is 0. The first-order valence-corrected chi connectivity index (χ1v) is 7.77. The van der Waals surface area contributed by atoms with Gasteiger partial charge in [-0.1, -0.05) is 0 Å². The maximum atomic E-state index is 12.2. The summed E-state index contributed by atoms with van der Waals surface area (Å²) < 4.78 is 71.5. The average Bonchev–Trinajstić information content (AvgIpc) is 3.02. The van der Waals surface area contributed by atoms with Crippen LogP contribution in [0.3, 0.4) is 0 Å². The fraction of sp³-hybridized carbons (Fsp3) is 0.533. The lowest BCUT2D eigenvalue weighted by atomic mass is 9.65. The number of rotatable bonds is 3. The zero-order valence-corrected chi connectivity index (χ0v) is 14.0. The second-order valence-electron chi connectivity index (χ2n) is 6.68. The summed E-state index contributed by atoms with van der Waals surface area (Å²) in [5, 5.41) is 9.75. The number of fused-ring (bicyclic) bond motifs is 1. The van der Waals surface area contributed by atoms with Gasteiger partial charge in [0.2, 0.25) is 5.91 Å². The number of hydrogen-bond donors (Lipinski definition) is 3. The molecule has 3 fully saturated rings. The number of aliphatic carboxylic acids is 1. The minimum Gasteiger partial charge on any atom is -0.475 e. The number of hydrogen-bond acceptors (Lipinski definition) is 5. The van der Waals surface area contributed by atoms with E-state index in [4.69, 9.17) is 15.6 Å². The maximum absolute atomic E-state index is 12.2. The fourth-order valence-electron chi connectivity index (χ4n) is 3.31. The Balaban J connectivity index is 0.000000345. The minimum atomic E-state index is -5.08. The molecule has 0 aliphatic heterocycles. The lowest BCUT2D eigenvalue weighted by molar-refractivity contribution is -0.274. The number of ether oxygens (including phenoxy) is 1. The molecule has 1 amide bonds. The lowest BCUT2D eigenvalue weighted by Gasteiger charge is -2.43. The van der Waals surface area contributed by atoms with E-state index in [9.17, 15) is 31.1 Å². The van der Waals surface area contributed by atoms with Crippen molar-refractivity contribution in [2.24, 2.45) is 11.1 Å². The Morgan fingerprint density at radius 1 is 1.14 bits per heavy atom. The van der Waals surface area contributed by atoms with Gasteiger partial charge in [-0.25, -0.2) is 9.78 Å². The largest absolute Gasteiger partial charge is 0.573 e. The molecule has 2 bridgehead atoms. The van der Waals surface area contributed by atoms with Crippen molar-refractivity contribution in [3.8, 4) is 5.75 Å². The molecule has 0 unspecified atom stereocenters. The molecule has 3 aliphatic rings. The van der Waals surface area contributed by atoms with Crippen LogP contribution in [0.4, 0.5) is 32.2 Å². The van der Waals surface area contributed by atoms with E-state index in [1.165, 1.54) is 6.07 Å². The minimum absolute atomic E-state index is 0.168. The van der Waals surface area contributed by atoms with Gasteiger partial charge in [-0.05, 0) is 37.8 Å². The van der Waals surface area contributed by atoms with Crippen molar-refractivity contribution in [2.45, 2.75) is 43.8 Å². The Labute approximate surface area is 153 Å². The molecule has 0 atom stereocenters. The normalized spacial score (nSPS) is 25.8. The van der Waals surface area contributed by atoms with Crippen LogP contribution in [-0.4, -0.2) is 40.0 Å². The summed E-state index contributed by atoms with van der Waals surface area (Å²) in [5.41, 5.74) is 5.37. The van der Waals surface area contributed by atoms with E-state index in [2.05, 4.69) is 15.0 Å². The third kappa shape index (κ3) is 5.24. The average molecular weight is 415 g/mol. The zero-order chi connectivity index (χ0) is 21.4. The molecule has 3 aliphatic carbocycles. The van der Waals surface area contributed by atoms with Gasteiger partial charge < -0.3 is 20.9 Å². The summed E-state index contributed by atoms with van der Waals surface area (Å²) in [6, 6.07) is 2.38. The molecule has 1 heterocycles. The Morgan fingerprint density at radius 2 is 1.71 bits per heavy atom. The summed E-state index contributed by atoms with van der Waals surface area (Å²) >= 11 is 0. The van der Waals surface area contributed by atoms with Crippen molar-refractivity contribution in [2.75, 3.05) is 5.32 Å². The Hall–Kier alpha value is -2.57. The lowest BCUT2D eigenvalue weighted by Crippen LogP contribution is -2.54. The van der Waals surface area contributed by atoms with Crippen molar-refractivity contribution in [1.29, 1.82) is 0 Å². The van der Waals surface area contributed by atoms with Crippen LogP contribution in [0.5, 0.6) is 5.75 Å². The number of pyridine rings is 1. The van der Waals surface area contributed by atoms with Crippen LogP contribution in [0.2, 0.25) is 0 Å². The van der Waals surface area contributed by atoms with Crippen molar-refractivity contribution >= 4 is 17.7 Å². The molecule has 4 N–H and O–H groups in total. The molecule has 28 heavy (non-hydrogen) atoms. The van der Waals surface area contributed by atoms with Crippen LogP contribution < -0.4 is 15.8 Å². The summed E-state index contributed by atoms with van der Waals surface area (Å²) in [6.07, 6.45) is -6.05. The number of halogens is 6. The molecular formula is C15H15F6N3O4. The number of nitrogens with two attached hydrogens (primary N) is 1. The van der Waals surface area contributed by atoms with Gasteiger partial charge in [0, 0.05) is 5.54 Å². The Bertz CT molecular complexity index is 742. The molecule has 0 saturated heterocycles. The standard InChI is InChI=1S/C13H14F3N3O2.C2HF3O2/c14-13(15,16)21-8-1-2-9(18-5-8)19-10(20)11-3-4-12(17,6-11)7-11;3-2(4,5)1(6)7/h1-2,5H,3-4,6-7,17H2,(H,18,19,20);(H,6,7). The van der Waals surface area contributed by atoms with Crippen LogP contribution in [0, 0.1) is 5.41 Å². The second kappa shape index (κ2) is 7.11. The third-order valence-electron chi connectivity index (χ3n) is 4.42. The van der Waals surface area contributed by atoms with Gasteiger partial charge in [0.05, 0.1) is 11.6 Å². The van der Waals surface area contributed by atoms with Gasteiger partial charge >= 0.3 is 18.5 Å². The highest BCUT2D eigenvalue weighted by Crippen LogP contribution is 2.60. The summed E-state index contributed by atoms with van der Waals surface area (Å²) in [4.78, 5) is 24.9. The number of anilines is 1. The number of carbonyl (C=O) groups excluding carboxylic acids is 1. The number of carboxylic acid groups (broad SMARTS) is 1. The van der Waals surface area contributed by atoms with Gasteiger partial charge in [0.15, 0.2) is 0 Å². The number of aromatic nitrogens is 1. The fourth-order valence-corrected chi connectivity index (χ4v) is 3.31. The molecule has 4 rings (SSSR count). The van der Waals surface area contributed by atoms with Crippen molar-refractivity contribution < 1.29 is 45.8 Å². The Morgan fingerprint density at radius 3 is 2.07 bits per heavy atom. The Kier molecular flexibility index (Phi) is 5.52. The van der Waals surface area contributed by atoms with Gasteiger partial charge in [-0.3, -0.25) is 4.79 Å². The maximum Gasteiger partial charge on any atom is 0.573 e. The van der Waals surface area contributed by atoms with Crippen LogP contribution in [0.25, 0.3) is 0 Å². The summed E-state index contributed by atoms with van der Waals surface area (Å²) in [6.45, 7) is 0. The van der Waals surface area contributed by atoms with Gasteiger partial charge in [0.25, 0.3) is 0 Å². The van der Waals surface area contributed by atoms with Gasteiger partial charge in [0.1, 0.15) is 11.6 Å². The number of carboxylic acids is 1. The van der Waals surface area contributed by atoms with Gasteiger partial charge in [-0.15, -0.1) is 13.2 Å². The van der Waals surface area contributed by atoms with E-state index in [1.54, 1.807) is 0 Å². The molecular weight excluding hydrogens is 400 g/mol. The smallest absolute Gasteiger partial charge is 0.475 e. The molecule has 7 nitrogen and oxygen atoms in total. The molecule has 3 saturated carbocycles. The van der Waals surface area contributed by atoms with E-state index in [-0.39, 0.29) is 17.3 Å². The highest BCUT2D eigenvalue weighted by atomic mass is 19.4.